The van der Waals surface area contributed by atoms with Gasteiger partial charge in [0.1, 0.15) is 0 Å². The molecule has 1 aliphatic heterocycles. The van der Waals surface area contributed by atoms with Gasteiger partial charge in [-0.3, -0.25) is 4.79 Å². The summed E-state index contributed by atoms with van der Waals surface area (Å²) in [6.45, 7) is 0.960. The number of fused-ring (bicyclic) bond motifs is 3. The highest BCUT2D eigenvalue weighted by molar-refractivity contribution is 9.10. The van der Waals surface area contributed by atoms with Gasteiger partial charge in [0.15, 0.2) is 5.78 Å². The lowest BCUT2D eigenvalue weighted by Gasteiger charge is -2.32. The molecule has 0 spiro atoms. The molecule has 2 aromatic carbocycles. The monoisotopic (exact) mass is 341 g/mol. The molecule has 2 aromatic rings. The lowest BCUT2D eigenvalue weighted by Crippen LogP contribution is -2.35. The van der Waals surface area contributed by atoms with Gasteiger partial charge in [0.25, 0.3) is 0 Å². The Labute approximate surface area is 132 Å². The molecule has 2 atom stereocenters. The number of carbonyl (C=O) groups excluding carboxylic acids is 1. The molecule has 1 aliphatic carbocycles. The molecule has 1 heterocycles. The maximum Gasteiger partial charge on any atom is 0.173 e. The van der Waals surface area contributed by atoms with E-state index in [2.05, 4.69) is 40.0 Å². The molecule has 0 bridgehead atoms. The fourth-order valence-corrected chi connectivity index (χ4v) is 4.10. The lowest BCUT2D eigenvalue weighted by molar-refractivity contribution is 0.0936. The van der Waals surface area contributed by atoms with Crippen LogP contribution in [0.1, 0.15) is 22.3 Å². The van der Waals surface area contributed by atoms with Gasteiger partial charge in [0.05, 0.1) is 5.41 Å². The second kappa shape index (κ2) is 4.44. The number of hydrogen-bond donors (Lipinski definition) is 0. The maximum atomic E-state index is 13.1. The van der Waals surface area contributed by atoms with E-state index in [1.807, 2.05) is 36.4 Å². The molecule has 2 aliphatic rings. The summed E-state index contributed by atoms with van der Waals surface area (Å²) in [4.78, 5) is 15.4. The lowest BCUT2D eigenvalue weighted by atomic mass is 9.82. The summed E-state index contributed by atoms with van der Waals surface area (Å²) in [5.74, 6) is 0.730. The third kappa shape index (κ3) is 1.80. The minimum atomic E-state index is -0.288. The summed E-state index contributed by atoms with van der Waals surface area (Å²) in [7, 11) is 2.11. The molecule has 2 nitrogen and oxygen atoms in total. The van der Waals surface area contributed by atoms with Crippen LogP contribution in [0.4, 0.5) is 5.69 Å². The van der Waals surface area contributed by atoms with Gasteiger partial charge in [-0.25, -0.2) is 0 Å². The van der Waals surface area contributed by atoms with E-state index in [0.717, 1.165) is 23.0 Å². The van der Waals surface area contributed by atoms with E-state index in [1.165, 1.54) is 11.3 Å². The molecule has 0 radical (unpaired) electrons. The Bertz CT molecular complexity index is 727. The molecule has 0 N–H and O–H groups in total. The number of nitrogens with zero attached hydrogens (tertiary/aromatic N) is 1. The van der Waals surface area contributed by atoms with Crippen LogP contribution in [0.2, 0.25) is 0 Å². The van der Waals surface area contributed by atoms with Crippen LogP contribution in [-0.4, -0.2) is 19.4 Å². The summed E-state index contributed by atoms with van der Waals surface area (Å²) < 4.78 is 1.06. The Morgan fingerprint density at radius 2 is 2.00 bits per heavy atom. The van der Waals surface area contributed by atoms with E-state index < -0.39 is 0 Å². The van der Waals surface area contributed by atoms with Crippen molar-refractivity contribution in [1.29, 1.82) is 0 Å². The number of benzene rings is 2. The van der Waals surface area contributed by atoms with E-state index in [4.69, 9.17) is 0 Å². The Kier molecular flexibility index (Phi) is 2.77. The minimum Gasteiger partial charge on any atom is -0.374 e. The van der Waals surface area contributed by atoms with Crippen molar-refractivity contribution in [2.45, 2.75) is 11.8 Å². The van der Waals surface area contributed by atoms with Crippen molar-refractivity contribution >= 4 is 27.4 Å². The van der Waals surface area contributed by atoms with E-state index in [1.54, 1.807) is 0 Å². The predicted molar refractivity (Wildman–Crippen MR) is 88.0 cm³/mol. The van der Waals surface area contributed by atoms with Crippen LogP contribution in [-0.2, 0) is 5.41 Å². The predicted octanol–water partition coefficient (Wildman–Crippen LogP) is 4.04. The standard InChI is InChI=1S/C18H16BrNO/c1-20-11-13-10-18(13,15-8-7-14(19)9-16(15)20)17(21)12-5-3-2-4-6-12/h2-9,13H,10-11H2,1H3/t13-,18+/m0/s1. The number of halogens is 1. The quantitative estimate of drug-likeness (QED) is 0.768. The minimum absolute atomic E-state index is 0.282. The molecule has 0 saturated heterocycles. The maximum absolute atomic E-state index is 13.1. The molecule has 106 valence electrons. The number of rotatable bonds is 2. The van der Waals surface area contributed by atoms with Crippen LogP contribution >= 0.6 is 15.9 Å². The van der Waals surface area contributed by atoms with Crippen molar-refractivity contribution in [3.8, 4) is 0 Å². The zero-order valence-corrected chi connectivity index (χ0v) is 13.4. The number of Topliss-reactive ketones (excluding diaryl/α,β-unsaturated/α-hetero) is 1. The third-order valence-electron chi connectivity index (χ3n) is 4.89. The van der Waals surface area contributed by atoms with Gasteiger partial charge in [-0.1, -0.05) is 52.3 Å². The highest BCUT2D eigenvalue weighted by atomic mass is 79.9. The average Bonchev–Trinajstić information content (AvgIpc) is 3.23. The molecule has 1 saturated carbocycles. The first-order valence-electron chi connectivity index (χ1n) is 7.24. The summed E-state index contributed by atoms with van der Waals surface area (Å²) in [5.41, 5.74) is 2.92. The fraction of sp³-hybridized carbons (Fsp3) is 0.278. The fourth-order valence-electron chi connectivity index (χ4n) is 3.75. The zero-order chi connectivity index (χ0) is 14.6. The molecule has 0 aromatic heterocycles. The van der Waals surface area contributed by atoms with E-state index >= 15 is 0 Å². The molecule has 4 rings (SSSR count). The summed E-state index contributed by atoms with van der Waals surface area (Å²) in [6.07, 6.45) is 0.972. The zero-order valence-electron chi connectivity index (χ0n) is 11.8. The smallest absolute Gasteiger partial charge is 0.173 e. The van der Waals surface area contributed by atoms with Crippen LogP contribution < -0.4 is 4.90 Å². The normalized spacial score (nSPS) is 26.0. The van der Waals surface area contributed by atoms with Crippen molar-refractivity contribution in [3.05, 3.63) is 64.1 Å². The average molecular weight is 342 g/mol. The molecule has 0 amide bonds. The van der Waals surface area contributed by atoms with Gasteiger partial charge in [-0.15, -0.1) is 0 Å². The first kappa shape index (κ1) is 13.1. The molecular formula is C18H16BrNO. The first-order valence-corrected chi connectivity index (χ1v) is 8.03. The molecule has 1 fully saturated rings. The Hall–Kier alpha value is -1.61. The topological polar surface area (TPSA) is 20.3 Å². The molecule has 3 heteroatoms. The van der Waals surface area contributed by atoms with E-state index in [0.29, 0.717) is 5.92 Å². The largest absolute Gasteiger partial charge is 0.374 e. The van der Waals surface area contributed by atoms with Crippen molar-refractivity contribution in [2.75, 3.05) is 18.5 Å². The van der Waals surface area contributed by atoms with Crippen molar-refractivity contribution in [3.63, 3.8) is 0 Å². The second-order valence-electron chi connectivity index (χ2n) is 6.11. The summed E-state index contributed by atoms with van der Waals surface area (Å²) in [6, 6.07) is 16.0. The number of carbonyl (C=O) groups is 1. The van der Waals surface area contributed by atoms with Crippen LogP contribution in [0.5, 0.6) is 0 Å². The van der Waals surface area contributed by atoms with Crippen molar-refractivity contribution in [1.82, 2.24) is 0 Å². The second-order valence-corrected chi connectivity index (χ2v) is 7.03. The number of hydrogen-bond acceptors (Lipinski definition) is 2. The Balaban J connectivity index is 1.84. The van der Waals surface area contributed by atoms with Gasteiger partial charge in [0, 0.05) is 29.3 Å². The highest BCUT2D eigenvalue weighted by Gasteiger charge is 2.63. The van der Waals surface area contributed by atoms with Crippen LogP contribution in [0.3, 0.4) is 0 Å². The van der Waals surface area contributed by atoms with Crippen LogP contribution in [0.25, 0.3) is 0 Å². The first-order chi connectivity index (χ1) is 10.1. The van der Waals surface area contributed by atoms with Gasteiger partial charge in [-0.2, -0.15) is 0 Å². The van der Waals surface area contributed by atoms with Gasteiger partial charge in [0.2, 0.25) is 0 Å². The Morgan fingerprint density at radius 3 is 2.76 bits per heavy atom. The van der Waals surface area contributed by atoms with Gasteiger partial charge in [-0.05, 0) is 30.0 Å². The third-order valence-corrected chi connectivity index (χ3v) is 5.39. The van der Waals surface area contributed by atoms with Crippen molar-refractivity contribution in [2.24, 2.45) is 5.92 Å². The summed E-state index contributed by atoms with van der Waals surface area (Å²) in [5, 5.41) is 0. The van der Waals surface area contributed by atoms with Gasteiger partial charge < -0.3 is 4.90 Å². The van der Waals surface area contributed by atoms with Crippen molar-refractivity contribution < 1.29 is 4.79 Å². The highest BCUT2D eigenvalue weighted by Crippen LogP contribution is 2.61. The van der Waals surface area contributed by atoms with Gasteiger partial charge >= 0.3 is 0 Å². The van der Waals surface area contributed by atoms with E-state index in [9.17, 15) is 4.79 Å². The molecule has 21 heavy (non-hydrogen) atoms. The summed E-state index contributed by atoms with van der Waals surface area (Å²) >= 11 is 3.54. The number of ketones is 1. The Morgan fingerprint density at radius 1 is 1.24 bits per heavy atom. The van der Waals surface area contributed by atoms with E-state index in [-0.39, 0.29) is 11.2 Å². The van der Waals surface area contributed by atoms with Crippen LogP contribution in [0.15, 0.2) is 53.0 Å². The number of anilines is 1. The molecule has 0 unspecified atom stereocenters. The SMILES string of the molecule is CN1C[C@@H]2C[C@]2(C(=O)c2ccccc2)c2ccc(Br)cc21. The van der Waals surface area contributed by atoms with Crippen LogP contribution in [0, 0.1) is 5.92 Å². The molecular weight excluding hydrogens is 326 g/mol.